The van der Waals surface area contributed by atoms with Crippen LogP contribution in [0.5, 0.6) is 0 Å². The summed E-state index contributed by atoms with van der Waals surface area (Å²) in [5.74, 6) is 3.26. The van der Waals surface area contributed by atoms with Crippen LogP contribution in [0.25, 0.3) is 0 Å². The number of phosphoric acid groups is 1. The monoisotopic (exact) mass is 666 g/mol. The van der Waals surface area contributed by atoms with Crippen LogP contribution in [-0.4, -0.2) is 74.6 Å². The van der Waals surface area contributed by atoms with Gasteiger partial charge in [0.05, 0.1) is 18.3 Å². The van der Waals surface area contributed by atoms with Crippen molar-refractivity contribution in [1.29, 1.82) is 0 Å². The van der Waals surface area contributed by atoms with Gasteiger partial charge in [-0.2, -0.15) is 0 Å². The average Bonchev–Trinajstić information content (AvgIpc) is 3.30. The molecule has 0 radical (unpaired) electrons. The second-order valence-electron chi connectivity index (χ2n) is 15.9. The molecule has 5 rings (SSSR count). The van der Waals surface area contributed by atoms with Crippen LogP contribution in [-0.2, 0) is 18.3 Å². The second-order valence-corrected chi connectivity index (χ2v) is 17.2. The minimum atomic E-state index is -4.96. The Hall–Kier alpha value is 0.610. The minimum absolute atomic E-state index is 0. The van der Waals surface area contributed by atoms with E-state index in [1.54, 1.807) is 0 Å². The first-order chi connectivity index (χ1) is 20.5. The molecule has 10 nitrogen and oxygen atoms in total. The summed E-state index contributed by atoms with van der Waals surface area (Å²) in [5.41, 5.74) is 1.01. The fourth-order valence-electron chi connectivity index (χ4n) is 10.2. The van der Waals surface area contributed by atoms with Gasteiger partial charge in [-0.3, -0.25) is 9.09 Å². The third kappa shape index (κ3) is 7.84. The van der Waals surface area contributed by atoms with Crippen LogP contribution in [0, 0.1) is 40.4 Å². The van der Waals surface area contributed by atoms with E-state index in [2.05, 4.69) is 26.8 Å². The van der Waals surface area contributed by atoms with E-state index >= 15 is 0 Å². The zero-order valence-corrected chi connectivity index (χ0v) is 31.0. The van der Waals surface area contributed by atoms with Crippen LogP contribution in [0.2, 0.25) is 0 Å². The number of phosphoric ester groups is 1. The largest absolute Gasteiger partial charge is 1.00 e. The van der Waals surface area contributed by atoms with Crippen LogP contribution in [0.15, 0.2) is 11.6 Å². The number of hydrogen-bond donors (Lipinski definition) is 5. The Morgan fingerprint density at radius 1 is 1.07 bits per heavy atom. The Morgan fingerprint density at radius 2 is 1.78 bits per heavy atom. The molecule has 5 N–H and O–H groups in total. The molecule has 0 amide bonds. The van der Waals surface area contributed by atoms with Gasteiger partial charge in [0.15, 0.2) is 6.29 Å². The van der Waals surface area contributed by atoms with Gasteiger partial charge in [0.2, 0.25) is 0 Å². The number of hydrogen-bond acceptors (Lipinski definition) is 10. The summed E-state index contributed by atoms with van der Waals surface area (Å²) < 4.78 is 28.6. The molecule has 0 aromatic carbocycles. The predicted octanol–water partition coefficient (Wildman–Crippen LogP) is 0.817. The second kappa shape index (κ2) is 14.5. The van der Waals surface area contributed by atoms with E-state index in [9.17, 15) is 35.0 Å². The average molecular weight is 667 g/mol. The minimum Gasteiger partial charge on any atom is -0.756 e. The number of fused-ring (bicyclic) bond motifs is 5. The van der Waals surface area contributed by atoms with Gasteiger partial charge in [-0.15, -0.1) is 0 Å². The topological polar surface area (TPSA) is 169 Å². The van der Waals surface area contributed by atoms with Gasteiger partial charge in [0, 0.05) is 0 Å². The number of aliphatic hydroxyl groups excluding tert-OH is 4. The van der Waals surface area contributed by atoms with Crippen molar-refractivity contribution >= 4 is 7.82 Å². The third-order valence-electron chi connectivity index (χ3n) is 12.6. The fourth-order valence-corrected chi connectivity index (χ4v) is 11.3. The molecule has 4 fully saturated rings. The molecular weight excluding hydrogens is 610 g/mol. The smallest absolute Gasteiger partial charge is 0.756 e. The maximum atomic E-state index is 12.9. The molecule has 1 saturated heterocycles. The Morgan fingerprint density at radius 3 is 2.44 bits per heavy atom. The number of allylic oxidation sites excluding steroid dienone is 1. The van der Waals surface area contributed by atoms with Crippen LogP contribution in [0.4, 0.5) is 0 Å². The van der Waals surface area contributed by atoms with Crippen molar-refractivity contribution in [1.82, 2.24) is 0 Å². The Bertz CT molecular complexity index is 1100. The van der Waals surface area contributed by atoms with E-state index in [1.165, 1.54) is 31.3 Å². The van der Waals surface area contributed by atoms with E-state index in [0.717, 1.165) is 32.1 Å². The molecule has 1 aliphatic heterocycles. The van der Waals surface area contributed by atoms with E-state index in [1.807, 2.05) is 13.8 Å². The van der Waals surface area contributed by atoms with Crippen molar-refractivity contribution in [2.24, 2.45) is 40.4 Å². The van der Waals surface area contributed by atoms with Crippen LogP contribution in [0.1, 0.15) is 105 Å². The van der Waals surface area contributed by atoms with Crippen molar-refractivity contribution in [2.75, 3.05) is 6.61 Å². The summed E-state index contributed by atoms with van der Waals surface area (Å²) >= 11 is 0. The van der Waals surface area contributed by atoms with Crippen molar-refractivity contribution in [3.05, 3.63) is 11.6 Å². The Labute approximate surface area is 291 Å². The molecule has 12 heteroatoms. The zero-order chi connectivity index (χ0) is 32.2. The zero-order valence-electron chi connectivity index (χ0n) is 28.1. The maximum absolute atomic E-state index is 12.9. The normalized spacial score (nSPS) is 45.3. The molecule has 4 aliphatic carbocycles. The first kappa shape index (κ1) is 38.4. The SMILES string of the molecule is C[C@H](CCCC(C)(C)O)[C@H]1CC[C@H]2[C@@H]3CC=C4C[C@@H](OP(=O)([O-])O[C@H]5O[C@H](CO)[C@H](O)[C@H](O)[C@H]5O)CC[C@]4(C)[C@H]3CC[C@]12C.[Na+]. The molecule has 1 heterocycles. The number of ether oxygens (including phenoxy) is 1. The van der Waals surface area contributed by atoms with E-state index in [-0.39, 0.29) is 35.0 Å². The first-order valence-electron chi connectivity index (χ1n) is 16.9. The van der Waals surface area contributed by atoms with Gasteiger partial charge in [-0.05, 0) is 112 Å². The van der Waals surface area contributed by atoms with Gasteiger partial charge in [-0.25, -0.2) is 0 Å². The number of aliphatic hydroxyl groups is 5. The summed E-state index contributed by atoms with van der Waals surface area (Å²) in [5, 5.41) is 49.7. The molecule has 14 atom stereocenters. The van der Waals surface area contributed by atoms with Gasteiger partial charge < -0.3 is 39.7 Å². The van der Waals surface area contributed by atoms with Crippen molar-refractivity contribution in [2.45, 2.75) is 148 Å². The van der Waals surface area contributed by atoms with Gasteiger partial charge in [0.1, 0.15) is 24.4 Å². The molecular formula is C33H56NaO10P. The molecule has 0 spiro atoms. The summed E-state index contributed by atoms with van der Waals surface area (Å²) in [7, 11) is -4.96. The third-order valence-corrected chi connectivity index (χ3v) is 13.6. The Kier molecular flexibility index (Phi) is 12.3. The molecule has 1 unspecified atom stereocenters. The van der Waals surface area contributed by atoms with E-state index < -0.39 is 56.8 Å². The molecule has 3 saturated carbocycles. The molecule has 0 aromatic heterocycles. The molecule has 45 heavy (non-hydrogen) atoms. The van der Waals surface area contributed by atoms with Gasteiger partial charge >= 0.3 is 29.6 Å². The summed E-state index contributed by atoms with van der Waals surface area (Å²) in [4.78, 5) is 12.9. The van der Waals surface area contributed by atoms with E-state index in [4.69, 9.17) is 13.8 Å². The summed E-state index contributed by atoms with van der Waals surface area (Å²) in [6.45, 7) is 10.4. The standard InChI is InChI=1S/C33H57O10P.Na/c1-19(7-6-14-31(2,3)38)23-10-11-24-22-9-8-20-17-21(12-15-32(20,4)25(22)13-16-33(23,24)5)42-44(39,40)43-30-29(37)28(36)27(35)26(18-34)41-30;/h8,19,21-30,34-38H,6-7,9-18H2,1-5H3,(H,39,40);/q;+1/p-1/t19-,21+,22+,23-,24+,25+,26-,27+,28+,29-,30-,32+,33-;/m1./s1. The quantitative estimate of drug-likeness (QED) is 0.128. The maximum Gasteiger partial charge on any atom is 1.00 e. The van der Waals surface area contributed by atoms with E-state index in [0.29, 0.717) is 47.8 Å². The molecule has 0 aromatic rings. The van der Waals surface area contributed by atoms with Crippen molar-refractivity contribution in [3.63, 3.8) is 0 Å². The summed E-state index contributed by atoms with van der Waals surface area (Å²) in [6.07, 6.45) is 4.43. The molecule has 5 aliphatic rings. The van der Waals surface area contributed by atoms with Gasteiger partial charge in [0.25, 0.3) is 7.82 Å². The van der Waals surface area contributed by atoms with Gasteiger partial charge in [-0.1, -0.05) is 45.3 Å². The van der Waals surface area contributed by atoms with Crippen LogP contribution in [0.3, 0.4) is 0 Å². The van der Waals surface area contributed by atoms with Crippen molar-refractivity contribution in [3.8, 4) is 0 Å². The number of rotatable bonds is 10. The first-order valence-corrected chi connectivity index (χ1v) is 18.4. The Balaban J connectivity index is 0.00000461. The summed E-state index contributed by atoms with van der Waals surface area (Å²) in [6, 6.07) is 0. The predicted molar refractivity (Wildman–Crippen MR) is 162 cm³/mol. The van der Waals surface area contributed by atoms with Crippen molar-refractivity contribution < 1.29 is 78.3 Å². The fraction of sp³-hybridized carbons (Fsp3) is 0.939. The molecule has 0 bridgehead atoms. The van der Waals surface area contributed by atoms with Crippen LogP contribution < -0.4 is 34.5 Å². The molecule has 254 valence electrons. The van der Waals surface area contributed by atoms with Crippen LogP contribution >= 0.6 is 7.82 Å².